The molecule has 0 N–H and O–H groups in total. The molecule has 2 nitrogen and oxygen atoms in total. The van der Waals surface area contributed by atoms with Crippen molar-refractivity contribution in [2.45, 2.75) is 0 Å². The fraction of sp³-hybridized carbons (Fsp3) is 0. The number of fused-ring (bicyclic) bond motifs is 2. The van der Waals surface area contributed by atoms with Gasteiger partial charge in [0.2, 0.25) is 5.43 Å². The second-order valence-corrected chi connectivity index (χ2v) is 4.59. The largest absolute Gasteiger partial charge is 0.456 e. The topological polar surface area (TPSA) is 30.2 Å². The van der Waals surface area contributed by atoms with E-state index in [-0.39, 0.29) is 5.43 Å². The van der Waals surface area contributed by atoms with Crippen molar-refractivity contribution in [2.75, 3.05) is 0 Å². The normalized spacial score (nSPS) is 11.2. The van der Waals surface area contributed by atoms with Crippen LogP contribution in [0.5, 0.6) is 0 Å². The lowest BCUT2D eigenvalue weighted by atomic mass is 10.1. The fourth-order valence-corrected chi connectivity index (χ4v) is 2.13. The van der Waals surface area contributed by atoms with Crippen LogP contribution in [0, 0.1) is 0 Å². The van der Waals surface area contributed by atoms with Gasteiger partial charge < -0.3 is 4.42 Å². The van der Waals surface area contributed by atoms with Gasteiger partial charge in [0.1, 0.15) is 11.2 Å². The third-order valence-electron chi connectivity index (χ3n) is 2.59. The second-order valence-electron chi connectivity index (χ2n) is 3.71. The molecular weight excluding hydrogens is 259 g/mol. The summed E-state index contributed by atoms with van der Waals surface area (Å²) in [5.74, 6) is 0. The molecule has 0 unspecified atom stereocenters. The summed E-state index contributed by atoms with van der Waals surface area (Å²) in [6.45, 7) is 0. The van der Waals surface area contributed by atoms with E-state index < -0.39 is 0 Å². The molecule has 0 atom stereocenters. The molecule has 0 radical (unpaired) electrons. The highest BCUT2D eigenvalue weighted by atomic mass is 35.5. The van der Waals surface area contributed by atoms with Gasteiger partial charge in [0, 0.05) is 16.1 Å². The van der Waals surface area contributed by atoms with E-state index >= 15 is 0 Å². The zero-order valence-electron chi connectivity index (χ0n) is 8.54. The van der Waals surface area contributed by atoms with Crippen LogP contribution in [0.1, 0.15) is 0 Å². The van der Waals surface area contributed by atoms with E-state index in [1.54, 1.807) is 36.4 Å². The monoisotopic (exact) mass is 264 g/mol. The van der Waals surface area contributed by atoms with Gasteiger partial charge in [-0.2, -0.15) is 0 Å². The van der Waals surface area contributed by atoms with Crippen LogP contribution in [-0.2, 0) is 0 Å². The summed E-state index contributed by atoms with van der Waals surface area (Å²) in [5.41, 5.74) is 0.895. The van der Waals surface area contributed by atoms with Crippen molar-refractivity contribution in [3.8, 4) is 0 Å². The van der Waals surface area contributed by atoms with Crippen LogP contribution in [-0.4, -0.2) is 0 Å². The molecule has 3 aromatic rings. The molecule has 0 spiro atoms. The number of hydrogen-bond acceptors (Lipinski definition) is 2. The Morgan fingerprint density at radius 2 is 1.53 bits per heavy atom. The van der Waals surface area contributed by atoms with Gasteiger partial charge in [0.05, 0.1) is 10.8 Å². The SMILES string of the molecule is O=c1c2ccc(Cl)cc2oc2ccc(Cl)cc12. The lowest BCUT2D eigenvalue weighted by Gasteiger charge is -2.01. The van der Waals surface area contributed by atoms with Crippen LogP contribution < -0.4 is 5.43 Å². The highest BCUT2D eigenvalue weighted by molar-refractivity contribution is 6.31. The minimum Gasteiger partial charge on any atom is -0.456 e. The molecule has 84 valence electrons. The van der Waals surface area contributed by atoms with Gasteiger partial charge in [-0.05, 0) is 30.3 Å². The maximum Gasteiger partial charge on any atom is 0.200 e. The summed E-state index contributed by atoms with van der Waals surface area (Å²) in [5, 5.41) is 2.03. The quantitative estimate of drug-likeness (QED) is 0.568. The Morgan fingerprint density at radius 1 is 0.824 bits per heavy atom. The summed E-state index contributed by atoms with van der Waals surface area (Å²) < 4.78 is 5.62. The van der Waals surface area contributed by atoms with Crippen molar-refractivity contribution in [3.63, 3.8) is 0 Å². The van der Waals surface area contributed by atoms with Crippen LogP contribution in [0.3, 0.4) is 0 Å². The maximum absolute atomic E-state index is 12.2. The Kier molecular flexibility index (Phi) is 2.35. The van der Waals surface area contributed by atoms with Crippen LogP contribution in [0.2, 0.25) is 10.0 Å². The standard InChI is InChI=1S/C13H6Cl2O2/c14-7-2-4-11-10(5-7)13(16)9-3-1-8(15)6-12(9)17-11/h1-6H. The second kappa shape index (κ2) is 3.76. The molecule has 0 bridgehead atoms. The summed E-state index contributed by atoms with van der Waals surface area (Å²) in [4.78, 5) is 12.2. The lowest BCUT2D eigenvalue weighted by Crippen LogP contribution is -2.01. The molecule has 0 aliphatic carbocycles. The molecule has 1 heterocycles. The smallest absolute Gasteiger partial charge is 0.200 e. The number of halogens is 2. The van der Waals surface area contributed by atoms with Gasteiger partial charge in [-0.1, -0.05) is 23.2 Å². The van der Waals surface area contributed by atoms with E-state index in [0.717, 1.165) is 0 Å². The van der Waals surface area contributed by atoms with Crippen molar-refractivity contribution in [2.24, 2.45) is 0 Å². The van der Waals surface area contributed by atoms with Gasteiger partial charge in [-0.3, -0.25) is 4.79 Å². The van der Waals surface area contributed by atoms with Crippen LogP contribution in [0.15, 0.2) is 45.6 Å². The van der Waals surface area contributed by atoms with Crippen molar-refractivity contribution in [1.29, 1.82) is 0 Å². The molecule has 0 aliphatic rings. The first kappa shape index (κ1) is 10.6. The van der Waals surface area contributed by atoms with E-state index in [1.165, 1.54) is 0 Å². The highest BCUT2D eigenvalue weighted by Crippen LogP contribution is 2.23. The van der Waals surface area contributed by atoms with Gasteiger partial charge in [-0.25, -0.2) is 0 Å². The molecule has 0 fully saturated rings. The fourth-order valence-electron chi connectivity index (χ4n) is 1.80. The molecule has 3 rings (SSSR count). The van der Waals surface area contributed by atoms with Gasteiger partial charge >= 0.3 is 0 Å². The molecule has 17 heavy (non-hydrogen) atoms. The van der Waals surface area contributed by atoms with Crippen molar-refractivity contribution >= 4 is 45.1 Å². The van der Waals surface area contributed by atoms with E-state index in [0.29, 0.717) is 32.0 Å². The first-order chi connectivity index (χ1) is 8.15. The van der Waals surface area contributed by atoms with E-state index in [1.807, 2.05) is 0 Å². The molecule has 0 saturated carbocycles. The molecule has 2 aromatic carbocycles. The van der Waals surface area contributed by atoms with Crippen LogP contribution >= 0.6 is 23.2 Å². The Labute approximate surface area is 106 Å². The third kappa shape index (κ3) is 1.70. The summed E-state index contributed by atoms with van der Waals surface area (Å²) >= 11 is 11.7. The molecular formula is C13H6Cl2O2. The Morgan fingerprint density at radius 3 is 2.35 bits per heavy atom. The summed E-state index contributed by atoms with van der Waals surface area (Å²) in [6, 6.07) is 9.92. The highest BCUT2D eigenvalue weighted by Gasteiger charge is 2.08. The Hall–Kier alpha value is -1.51. The summed E-state index contributed by atoms with van der Waals surface area (Å²) in [6.07, 6.45) is 0. The maximum atomic E-state index is 12.2. The Balaban J connectivity index is 2.57. The van der Waals surface area contributed by atoms with Crippen molar-refractivity contribution < 1.29 is 4.42 Å². The first-order valence-electron chi connectivity index (χ1n) is 4.97. The average Bonchev–Trinajstić information content (AvgIpc) is 2.30. The molecule has 0 saturated heterocycles. The molecule has 0 aliphatic heterocycles. The van der Waals surface area contributed by atoms with Gasteiger partial charge in [-0.15, -0.1) is 0 Å². The average molecular weight is 265 g/mol. The summed E-state index contributed by atoms with van der Waals surface area (Å²) in [7, 11) is 0. The third-order valence-corrected chi connectivity index (χ3v) is 3.06. The first-order valence-corrected chi connectivity index (χ1v) is 5.72. The Bertz CT molecular complexity index is 790. The van der Waals surface area contributed by atoms with Crippen LogP contribution in [0.25, 0.3) is 21.9 Å². The van der Waals surface area contributed by atoms with Crippen LogP contribution in [0.4, 0.5) is 0 Å². The predicted octanol–water partition coefficient (Wildman–Crippen LogP) is 4.25. The van der Waals surface area contributed by atoms with Crippen molar-refractivity contribution in [1.82, 2.24) is 0 Å². The minimum absolute atomic E-state index is 0.0968. The molecule has 4 heteroatoms. The lowest BCUT2D eigenvalue weighted by molar-refractivity contribution is 0.660. The zero-order chi connectivity index (χ0) is 12.0. The number of rotatable bonds is 0. The predicted molar refractivity (Wildman–Crippen MR) is 70.0 cm³/mol. The zero-order valence-corrected chi connectivity index (χ0v) is 10.0. The van der Waals surface area contributed by atoms with E-state index in [9.17, 15) is 4.79 Å². The minimum atomic E-state index is -0.0968. The van der Waals surface area contributed by atoms with Crippen molar-refractivity contribution in [3.05, 3.63) is 56.7 Å². The van der Waals surface area contributed by atoms with E-state index in [4.69, 9.17) is 27.6 Å². The van der Waals surface area contributed by atoms with E-state index in [2.05, 4.69) is 0 Å². The number of benzene rings is 2. The van der Waals surface area contributed by atoms with Gasteiger partial charge in [0.25, 0.3) is 0 Å². The molecule has 1 aromatic heterocycles. The number of hydrogen-bond donors (Lipinski definition) is 0. The van der Waals surface area contributed by atoms with Gasteiger partial charge in [0.15, 0.2) is 0 Å². The molecule has 0 amide bonds.